The van der Waals surface area contributed by atoms with Crippen molar-refractivity contribution in [2.45, 2.75) is 51.1 Å². The monoisotopic (exact) mass is 329 g/mol. The van der Waals surface area contributed by atoms with Gasteiger partial charge >= 0.3 is 0 Å². The summed E-state index contributed by atoms with van der Waals surface area (Å²) in [6.07, 6.45) is 10.2. The Morgan fingerprint density at radius 2 is 2.04 bits per heavy atom. The van der Waals surface area contributed by atoms with Crippen LogP contribution >= 0.6 is 0 Å². The lowest BCUT2D eigenvalue weighted by molar-refractivity contribution is -0.133. The van der Waals surface area contributed by atoms with Gasteiger partial charge in [0, 0.05) is 19.6 Å². The summed E-state index contributed by atoms with van der Waals surface area (Å²) in [7, 11) is 1.75. The Kier molecular flexibility index (Phi) is 3.86. The lowest BCUT2D eigenvalue weighted by Crippen LogP contribution is -2.42. The summed E-state index contributed by atoms with van der Waals surface area (Å²) in [6, 6.07) is 0.366. The van der Waals surface area contributed by atoms with Crippen LogP contribution in [0.1, 0.15) is 38.5 Å². The van der Waals surface area contributed by atoms with E-state index in [9.17, 15) is 9.59 Å². The molecule has 1 aliphatic heterocycles. The molecule has 0 N–H and O–H groups in total. The first-order valence-corrected chi connectivity index (χ1v) is 8.82. The van der Waals surface area contributed by atoms with Gasteiger partial charge in [-0.15, -0.1) is 0 Å². The molecule has 7 nitrogen and oxygen atoms in total. The predicted molar refractivity (Wildman–Crippen MR) is 89.5 cm³/mol. The van der Waals surface area contributed by atoms with E-state index >= 15 is 0 Å². The molecule has 1 saturated carbocycles. The number of likely N-dealkylation sites (tertiary alicyclic amines) is 1. The quantitative estimate of drug-likeness (QED) is 0.851. The second kappa shape index (κ2) is 6.03. The van der Waals surface area contributed by atoms with E-state index in [0.29, 0.717) is 23.0 Å². The Morgan fingerprint density at radius 3 is 2.83 bits per heavy atom. The molecule has 24 heavy (non-hydrogen) atoms. The number of hydrogen-bond donors (Lipinski definition) is 0. The van der Waals surface area contributed by atoms with Crippen molar-refractivity contribution in [2.75, 3.05) is 6.54 Å². The number of amides is 1. The molecule has 0 spiro atoms. The first-order valence-electron chi connectivity index (χ1n) is 8.82. The summed E-state index contributed by atoms with van der Waals surface area (Å²) in [5.74, 6) is 0.684. The molecule has 2 fully saturated rings. The van der Waals surface area contributed by atoms with Gasteiger partial charge in [0.2, 0.25) is 5.91 Å². The highest BCUT2D eigenvalue weighted by Crippen LogP contribution is 2.35. The van der Waals surface area contributed by atoms with Gasteiger partial charge in [-0.3, -0.25) is 18.8 Å². The van der Waals surface area contributed by atoms with Crippen molar-refractivity contribution < 1.29 is 4.79 Å². The molecule has 1 atom stereocenters. The maximum Gasteiger partial charge on any atom is 0.264 e. The molecule has 0 bridgehead atoms. The molecule has 1 saturated heterocycles. The van der Waals surface area contributed by atoms with E-state index in [1.54, 1.807) is 11.7 Å². The van der Waals surface area contributed by atoms with E-state index < -0.39 is 0 Å². The molecule has 1 aliphatic carbocycles. The minimum absolute atomic E-state index is 0.0385. The van der Waals surface area contributed by atoms with Gasteiger partial charge in [0.1, 0.15) is 18.3 Å². The van der Waals surface area contributed by atoms with Gasteiger partial charge in [-0.2, -0.15) is 5.10 Å². The number of rotatable bonds is 3. The smallest absolute Gasteiger partial charge is 0.264 e. The molecule has 3 heterocycles. The van der Waals surface area contributed by atoms with Crippen LogP contribution in [0.5, 0.6) is 0 Å². The average molecular weight is 329 g/mol. The summed E-state index contributed by atoms with van der Waals surface area (Å²) < 4.78 is 2.98. The normalized spacial score (nSPS) is 21.9. The van der Waals surface area contributed by atoms with Crippen molar-refractivity contribution in [2.24, 2.45) is 13.0 Å². The lowest BCUT2D eigenvalue weighted by atomic mass is 9.96. The number of carbonyl (C=O) groups excluding carboxylic acids is 1. The number of nitrogens with zero attached hydrogens (tertiary/aromatic N) is 5. The molecular formula is C17H23N5O2. The minimum Gasteiger partial charge on any atom is -0.338 e. The number of carbonyl (C=O) groups is 1. The van der Waals surface area contributed by atoms with Crippen molar-refractivity contribution in [3.05, 3.63) is 22.9 Å². The van der Waals surface area contributed by atoms with Gasteiger partial charge in [0.05, 0.1) is 6.20 Å². The van der Waals surface area contributed by atoms with E-state index in [0.717, 1.165) is 19.4 Å². The van der Waals surface area contributed by atoms with Crippen molar-refractivity contribution in [3.8, 4) is 0 Å². The van der Waals surface area contributed by atoms with Gasteiger partial charge in [0.25, 0.3) is 5.56 Å². The summed E-state index contributed by atoms with van der Waals surface area (Å²) in [5.41, 5.74) is 0.353. The highest BCUT2D eigenvalue weighted by molar-refractivity contribution is 5.78. The molecule has 128 valence electrons. The highest BCUT2D eigenvalue weighted by atomic mass is 16.2. The summed E-state index contributed by atoms with van der Waals surface area (Å²) in [5, 5.41) is 4.52. The van der Waals surface area contributed by atoms with Crippen LogP contribution < -0.4 is 5.56 Å². The largest absolute Gasteiger partial charge is 0.338 e. The molecule has 2 aromatic heterocycles. The molecule has 2 aromatic rings. The highest BCUT2D eigenvalue weighted by Gasteiger charge is 2.35. The van der Waals surface area contributed by atoms with E-state index in [1.807, 2.05) is 4.90 Å². The van der Waals surface area contributed by atoms with Gasteiger partial charge in [0.15, 0.2) is 5.65 Å². The number of aryl methyl sites for hydroxylation is 1. The van der Waals surface area contributed by atoms with E-state index in [2.05, 4.69) is 10.1 Å². The van der Waals surface area contributed by atoms with Crippen molar-refractivity contribution in [1.29, 1.82) is 0 Å². The van der Waals surface area contributed by atoms with Crippen LogP contribution in [0, 0.1) is 5.92 Å². The molecule has 0 unspecified atom stereocenters. The third-order valence-corrected chi connectivity index (χ3v) is 5.59. The van der Waals surface area contributed by atoms with Crippen LogP contribution in [0.25, 0.3) is 11.0 Å². The second-order valence-corrected chi connectivity index (χ2v) is 7.02. The molecule has 1 amide bonds. The maximum absolute atomic E-state index is 12.8. The van der Waals surface area contributed by atoms with Crippen LogP contribution in [0.15, 0.2) is 17.3 Å². The van der Waals surface area contributed by atoms with Gasteiger partial charge in [-0.1, -0.05) is 12.8 Å². The van der Waals surface area contributed by atoms with Crippen LogP contribution in [0.3, 0.4) is 0 Å². The van der Waals surface area contributed by atoms with Gasteiger partial charge < -0.3 is 4.90 Å². The fourth-order valence-electron chi connectivity index (χ4n) is 4.35. The van der Waals surface area contributed by atoms with E-state index in [4.69, 9.17) is 0 Å². The van der Waals surface area contributed by atoms with Crippen LogP contribution in [-0.2, 0) is 18.4 Å². The minimum atomic E-state index is -0.196. The predicted octanol–water partition coefficient (Wildman–Crippen LogP) is 1.31. The number of fused-ring (bicyclic) bond motifs is 1. The molecule has 0 aromatic carbocycles. The molecule has 4 rings (SSSR count). The first-order chi connectivity index (χ1) is 11.6. The standard InChI is InChI=1S/C17H23N5O2/c1-20-16-13(9-19-20)17(24)21(11-18-16)10-15(23)22-8-4-7-14(22)12-5-2-3-6-12/h9,11-12,14H,2-8,10H2,1H3/t14-/m1/s1. The fourth-order valence-corrected chi connectivity index (χ4v) is 4.35. The summed E-state index contributed by atoms with van der Waals surface area (Å²) >= 11 is 0. The Hall–Kier alpha value is -2.18. The summed E-state index contributed by atoms with van der Waals surface area (Å²) in [4.78, 5) is 31.6. The Balaban J connectivity index is 1.55. The third kappa shape index (κ3) is 2.52. The van der Waals surface area contributed by atoms with Crippen molar-refractivity contribution in [1.82, 2.24) is 24.2 Å². The van der Waals surface area contributed by atoms with Gasteiger partial charge in [-0.25, -0.2) is 4.98 Å². The molecule has 7 heteroatoms. The zero-order valence-electron chi connectivity index (χ0n) is 14.0. The molecular weight excluding hydrogens is 306 g/mol. The van der Waals surface area contributed by atoms with Crippen LogP contribution in [-0.4, -0.2) is 42.7 Å². The summed E-state index contributed by atoms with van der Waals surface area (Å²) in [6.45, 7) is 0.886. The SMILES string of the molecule is Cn1ncc2c(=O)n(CC(=O)N3CCC[C@@H]3C3CCCC3)cnc21. The first kappa shape index (κ1) is 15.4. The second-order valence-electron chi connectivity index (χ2n) is 7.02. The topological polar surface area (TPSA) is 73.0 Å². The maximum atomic E-state index is 12.8. The van der Waals surface area contributed by atoms with Crippen LogP contribution in [0.2, 0.25) is 0 Å². The molecule has 0 radical (unpaired) electrons. The van der Waals surface area contributed by atoms with E-state index in [-0.39, 0.29) is 18.0 Å². The zero-order valence-corrected chi connectivity index (χ0v) is 14.0. The zero-order chi connectivity index (χ0) is 16.7. The Morgan fingerprint density at radius 1 is 1.25 bits per heavy atom. The fraction of sp³-hybridized carbons (Fsp3) is 0.647. The Labute approximate surface area is 140 Å². The van der Waals surface area contributed by atoms with Crippen molar-refractivity contribution in [3.63, 3.8) is 0 Å². The average Bonchev–Trinajstić information content (AvgIpc) is 3.30. The van der Waals surface area contributed by atoms with Crippen molar-refractivity contribution >= 4 is 16.9 Å². The van der Waals surface area contributed by atoms with Gasteiger partial charge in [-0.05, 0) is 31.6 Å². The number of hydrogen-bond acceptors (Lipinski definition) is 4. The number of aromatic nitrogens is 4. The van der Waals surface area contributed by atoms with E-state index in [1.165, 1.54) is 42.8 Å². The third-order valence-electron chi connectivity index (χ3n) is 5.59. The Bertz CT molecular complexity index is 818. The molecule has 2 aliphatic rings. The van der Waals surface area contributed by atoms with Crippen LogP contribution in [0.4, 0.5) is 0 Å². The lowest BCUT2D eigenvalue weighted by Gasteiger charge is -2.29.